The van der Waals surface area contributed by atoms with E-state index in [0.717, 1.165) is 10.4 Å². The normalized spacial score (nSPS) is 11.5. The molecule has 6 rings (SSSR count). The molecule has 34 heavy (non-hydrogen) atoms. The predicted molar refractivity (Wildman–Crippen MR) is 130 cm³/mol. The lowest BCUT2D eigenvalue weighted by Crippen LogP contribution is -1.91. The smallest absolute Gasteiger partial charge is 0.178 e. The summed E-state index contributed by atoms with van der Waals surface area (Å²) in [4.78, 5) is 29.6. The monoisotopic (exact) mass is 469 g/mol. The molecule has 0 saturated heterocycles. The summed E-state index contributed by atoms with van der Waals surface area (Å²) in [6, 6.07) is 10.6. The number of carbonyl (C=O) groups is 1. The number of imidazole rings is 1. The van der Waals surface area contributed by atoms with Crippen molar-refractivity contribution in [2.45, 2.75) is 6.92 Å². The minimum atomic E-state index is -0.452. The maximum atomic E-state index is 15.7. The van der Waals surface area contributed by atoms with Gasteiger partial charge < -0.3 is 10.7 Å². The molecule has 0 amide bonds. The third kappa shape index (κ3) is 3.15. The minimum absolute atomic E-state index is 0.0106. The summed E-state index contributed by atoms with van der Waals surface area (Å²) in [5, 5.41) is 7.51. The summed E-state index contributed by atoms with van der Waals surface area (Å²) in [5.41, 5.74) is 10.1. The Morgan fingerprint density at radius 2 is 2.00 bits per heavy atom. The summed E-state index contributed by atoms with van der Waals surface area (Å²) in [6.45, 7) is 1.54. The van der Waals surface area contributed by atoms with Gasteiger partial charge in [-0.05, 0) is 43.3 Å². The number of fused-ring (bicyclic) bond motifs is 2. The number of nitrogens with zero attached hydrogens (tertiary/aromatic N) is 4. The third-order valence-electron chi connectivity index (χ3n) is 5.57. The van der Waals surface area contributed by atoms with Gasteiger partial charge in [0.05, 0.1) is 27.0 Å². The van der Waals surface area contributed by atoms with Crippen LogP contribution in [-0.2, 0) is 0 Å². The Balaban J connectivity index is 1.52. The van der Waals surface area contributed by atoms with E-state index in [9.17, 15) is 4.79 Å². The van der Waals surface area contributed by atoms with E-state index in [-0.39, 0.29) is 5.78 Å². The number of H-pyrrole nitrogens is 2. The maximum absolute atomic E-state index is 15.7. The number of rotatable bonds is 4. The van der Waals surface area contributed by atoms with Crippen LogP contribution in [-0.4, -0.2) is 35.9 Å². The number of aromatic nitrogens is 6. The summed E-state index contributed by atoms with van der Waals surface area (Å²) in [5.74, 6) is -0.0607. The zero-order valence-electron chi connectivity index (χ0n) is 17.8. The number of benzene rings is 1. The molecule has 0 atom stereocenters. The highest BCUT2D eigenvalue weighted by Crippen LogP contribution is 2.36. The number of nitrogens with one attached hydrogen (secondary N) is 2. The van der Waals surface area contributed by atoms with Crippen LogP contribution in [0.4, 0.5) is 10.1 Å². The first kappa shape index (κ1) is 20.2. The number of nitrogens with two attached hydrogens (primary N) is 1. The van der Waals surface area contributed by atoms with E-state index in [0.29, 0.717) is 55.3 Å². The SMILES string of the molecule is CC(=O)c1ccc(-c2ccnc3nc(-c4n[nH]c5ccc(-c6cncc(N)c6)c(F)c45)[nH]c23)s1. The Labute approximate surface area is 195 Å². The molecule has 4 N–H and O–H groups in total. The second-order valence-electron chi connectivity index (χ2n) is 7.79. The van der Waals surface area contributed by atoms with Gasteiger partial charge in [-0.1, -0.05) is 0 Å². The van der Waals surface area contributed by atoms with Gasteiger partial charge in [0.25, 0.3) is 0 Å². The van der Waals surface area contributed by atoms with Gasteiger partial charge in [-0.3, -0.25) is 14.9 Å². The molecule has 5 heterocycles. The van der Waals surface area contributed by atoms with E-state index in [2.05, 4.69) is 30.1 Å². The zero-order valence-corrected chi connectivity index (χ0v) is 18.6. The predicted octanol–water partition coefficient (Wildman–Crippen LogP) is 5.22. The fraction of sp³-hybridized carbons (Fsp3) is 0.0417. The molecular formula is C24H16FN7OS. The minimum Gasteiger partial charge on any atom is -0.397 e. The molecule has 0 spiro atoms. The molecule has 10 heteroatoms. The van der Waals surface area contributed by atoms with E-state index in [1.165, 1.54) is 24.5 Å². The van der Waals surface area contributed by atoms with Crippen LogP contribution in [0.15, 0.2) is 55.0 Å². The van der Waals surface area contributed by atoms with Crippen LogP contribution in [0.5, 0.6) is 0 Å². The Morgan fingerprint density at radius 1 is 1.12 bits per heavy atom. The molecule has 0 radical (unpaired) electrons. The zero-order chi connectivity index (χ0) is 23.4. The van der Waals surface area contributed by atoms with E-state index in [1.54, 1.807) is 36.7 Å². The number of nitrogen functional groups attached to an aromatic ring is 1. The number of hydrogen-bond acceptors (Lipinski definition) is 7. The van der Waals surface area contributed by atoms with Crippen molar-refractivity contribution in [1.29, 1.82) is 0 Å². The second kappa shape index (κ2) is 7.56. The molecule has 0 fully saturated rings. The summed E-state index contributed by atoms with van der Waals surface area (Å²) < 4.78 is 15.7. The number of anilines is 1. The maximum Gasteiger partial charge on any atom is 0.178 e. The van der Waals surface area contributed by atoms with Gasteiger partial charge in [0, 0.05) is 40.2 Å². The van der Waals surface area contributed by atoms with Crippen molar-refractivity contribution in [3.63, 3.8) is 0 Å². The highest BCUT2D eigenvalue weighted by Gasteiger charge is 2.21. The molecule has 0 aliphatic carbocycles. The lowest BCUT2D eigenvalue weighted by molar-refractivity contribution is 0.102. The molecule has 0 aliphatic rings. The molecule has 6 aromatic rings. The van der Waals surface area contributed by atoms with Crippen LogP contribution in [0, 0.1) is 5.82 Å². The number of pyridine rings is 2. The van der Waals surface area contributed by atoms with Crippen LogP contribution < -0.4 is 5.73 Å². The quantitative estimate of drug-likeness (QED) is 0.304. The van der Waals surface area contributed by atoms with Crippen LogP contribution >= 0.6 is 11.3 Å². The Morgan fingerprint density at radius 3 is 2.79 bits per heavy atom. The van der Waals surface area contributed by atoms with Gasteiger partial charge >= 0.3 is 0 Å². The molecule has 1 aromatic carbocycles. The van der Waals surface area contributed by atoms with Gasteiger partial charge in [0.1, 0.15) is 11.5 Å². The van der Waals surface area contributed by atoms with Crippen molar-refractivity contribution < 1.29 is 9.18 Å². The highest BCUT2D eigenvalue weighted by molar-refractivity contribution is 7.17. The fourth-order valence-corrected chi connectivity index (χ4v) is 4.91. The van der Waals surface area contributed by atoms with Crippen LogP contribution in [0.25, 0.3) is 55.2 Å². The number of thiophene rings is 1. The second-order valence-corrected chi connectivity index (χ2v) is 8.88. The van der Waals surface area contributed by atoms with E-state index < -0.39 is 5.82 Å². The Hall–Kier alpha value is -4.44. The summed E-state index contributed by atoms with van der Waals surface area (Å²) >= 11 is 1.40. The Kier molecular flexibility index (Phi) is 4.49. The summed E-state index contributed by atoms with van der Waals surface area (Å²) in [7, 11) is 0. The number of halogens is 1. The van der Waals surface area contributed by atoms with Crippen molar-refractivity contribution in [3.05, 3.63) is 65.7 Å². The first-order valence-corrected chi connectivity index (χ1v) is 11.1. The van der Waals surface area contributed by atoms with Gasteiger partial charge in [-0.15, -0.1) is 11.3 Å². The topological polar surface area (TPSA) is 126 Å². The summed E-state index contributed by atoms with van der Waals surface area (Å²) in [6.07, 6.45) is 4.73. The van der Waals surface area contributed by atoms with Gasteiger partial charge in [0.2, 0.25) is 0 Å². The van der Waals surface area contributed by atoms with E-state index in [1.807, 2.05) is 12.1 Å². The molecule has 0 aliphatic heterocycles. The van der Waals surface area contributed by atoms with Gasteiger partial charge in [0.15, 0.2) is 17.3 Å². The molecule has 5 aromatic heterocycles. The number of hydrogen-bond donors (Lipinski definition) is 3. The van der Waals surface area contributed by atoms with Crippen molar-refractivity contribution in [3.8, 4) is 33.1 Å². The highest BCUT2D eigenvalue weighted by atomic mass is 32.1. The molecule has 166 valence electrons. The largest absolute Gasteiger partial charge is 0.397 e. The molecule has 8 nitrogen and oxygen atoms in total. The number of aromatic amines is 2. The number of ketones is 1. The Bertz CT molecular complexity index is 1730. The van der Waals surface area contributed by atoms with E-state index >= 15 is 4.39 Å². The molecule has 0 saturated carbocycles. The third-order valence-corrected chi connectivity index (χ3v) is 6.79. The van der Waals surface area contributed by atoms with Crippen molar-refractivity contribution in [2.24, 2.45) is 0 Å². The average Bonchev–Trinajstić information content (AvgIpc) is 3.56. The van der Waals surface area contributed by atoms with E-state index in [4.69, 9.17) is 5.73 Å². The lowest BCUT2D eigenvalue weighted by Gasteiger charge is -2.05. The first-order valence-electron chi connectivity index (χ1n) is 10.3. The lowest BCUT2D eigenvalue weighted by atomic mass is 10.0. The number of Topliss-reactive ketones (excluding diaryl/α,β-unsaturated/α-hetero) is 1. The molecular weight excluding hydrogens is 453 g/mol. The van der Waals surface area contributed by atoms with Crippen LogP contribution in [0.3, 0.4) is 0 Å². The van der Waals surface area contributed by atoms with Gasteiger partial charge in [-0.25, -0.2) is 14.4 Å². The molecule has 0 bridgehead atoms. The standard InChI is InChI=1S/C24H16FN7OS/c1-11(33)17-4-5-18(34-17)15-6-7-28-23-21(15)29-24(30-23)22-19-16(31-32-22)3-2-14(20(19)25)12-8-13(26)10-27-9-12/h2-10H,26H2,1H3,(H,31,32)(H,28,29,30). The van der Waals surface area contributed by atoms with Crippen molar-refractivity contribution in [1.82, 2.24) is 30.1 Å². The number of carbonyl (C=O) groups excluding carboxylic acids is 1. The fourth-order valence-electron chi connectivity index (χ4n) is 3.97. The van der Waals surface area contributed by atoms with Crippen molar-refractivity contribution in [2.75, 3.05) is 5.73 Å². The van der Waals surface area contributed by atoms with Gasteiger partial charge in [-0.2, -0.15) is 5.10 Å². The average molecular weight is 470 g/mol. The molecule has 0 unspecified atom stereocenters. The van der Waals surface area contributed by atoms with Crippen LogP contribution in [0.2, 0.25) is 0 Å². The first-order chi connectivity index (χ1) is 16.5. The van der Waals surface area contributed by atoms with Crippen molar-refractivity contribution >= 4 is 44.9 Å². The van der Waals surface area contributed by atoms with Crippen LogP contribution in [0.1, 0.15) is 16.6 Å².